The Morgan fingerprint density at radius 3 is 2.33 bits per heavy atom. The van der Waals surface area contributed by atoms with E-state index < -0.39 is 17.3 Å². The van der Waals surface area contributed by atoms with Gasteiger partial charge in [-0.3, -0.25) is 0 Å². The quantitative estimate of drug-likeness (QED) is 0.843. The van der Waals surface area contributed by atoms with Gasteiger partial charge in [0.05, 0.1) is 6.61 Å². The molecule has 0 amide bonds. The SMILES string of the molecule is CCOc1cccc(-c2cc(F)c(N)c(F)c2)c1. The average Bonchev–Trinajstić information content (AvgIpc) is 2.36. The van der Waals surface area contributed by atoms with Crippen LogP contribution in [0, 0.1) is 11.6 Å². The Hall–Kier alpha value is -2.10. The lowest BCUT2D eigenvalue weighted by atomic mass is 10.0. The summed E-state index contributed by atoms with van der Waals surface area (Å²) in [6.45, 7) is 2.41. The molecule has 0 fully saturated rings. The van der Waals surface area contributed by atoms with Crippen molar-refractivity contribution < 1.29 is 13.5 Å². The summed E-state index contributed by atoms with van der Waals surface area (Å²) in [6, 6.07) is 9.47. The fourth-order valence-electron chi connectivity index (χ4n) is 1.68. The lowest BCUT2D eigenvalue weighted by molar-refractivity contribution is 0.340. The van der Waals surface area contributed by atoms with Gasteiger partial charge in [-0.25, -0.2) is 8.78 Å². The molecule has 0 saturated carbocycles. The highest BCUT2D eigenvalue weighted by molar-refractivity contribution is 5.67. The highest BCUT2D eigenvalue weighted by Crippen LogP contribution is 2.28. The van der Waals surface area contributed by atoms with Gasteiger partial charge in [-0.15, -0.1) is 0 Å². The molecule has 2 N–H and O–H groups in total. The largest absolute Gasteiger partial charge is 0.494 e. The van der Waals surface area contributed by atoms with Crippen LogP contribution in [0.1, 0.15) is 6.92 Å². The Balaban J connectivity index is 2.45. The molecule has 0 spiro atoms. The molecule has 0 radical (unpaired) electrons. The van der Waals surface area contributed by atoms with Crippen LogP contribution in [0.2, 0.25) is 0 Å². The fraction of sp³-hybridized carbons (Fsp3) is 0.143. The predicted octanol–water partition coefficient (Wildman–Crippen LogP) is 3.61. The Labute approximate surface area is 104 Å². The van der Waals surface area contributed by atoms with Crippen molar-refractivity contribution in [1.82, 2.24) is 0 Å². The topological polar surface area (TPSA) is 35.2 Å². The first-order chi connectivity index (χ1) is 8.61. The number of hydrogen-bond donors (Lipinski definition) is 1. The number of ether oxygens (including phenoxy) is 1. The van der Waals surface area contributed by atoms with E-state index in [1.165, 1.54) is 12.1 Å². The molecular formula is C14H13F2NO. The van der Waals surface area contributed by atoms with Gasteiger partial charge >= 0.3 is 0 Å². The van der Waals surface area contributed by atoms with Crippen molar-refractivity contribution >= 4 is 5.69 Å². The van der Waals surface area contributed by atoms with Crippen LogP contribution < -0.4 is 10.5 Å². The summed E-state index contributed by atoms with van der Waals surface area (Å²) < 4.78 is 32.1. The monoisotopic (exact) mass is 249 g/mol. The molecule has 2 aromatic rings. The first-order valence-electron chi connectivity index (χ1n) is 5.59. The van der Waals surface area contributed by atoms with Crippen LogP contribution in [-0.2, 0) is 0 Å². The molecule has 0 heterocycles. The summed E-state index contributed by atoms with van der Waals surface area (Å²) in [4.78, 5) is 0. The van der Waals surface area contributed by atoms with Crippen molar-refractivity contribution in [2.75, 3.05) is 12.3 Å². The van der Waals surface area contributed by atoms with Gasteiger partial charge < -0.3 is 10.5 Å². The molecule has 2 nitrogen and oxygen atoms in total. The number of rotatable bonds is 3. The molecule has 0 atom stereocenters. The van der Waals surface area contributed by atoms with Crippen molar-refractivity contribution in [2.45, 2.75) is 6.92 Å². The Morgan fingerprint density at radius 2 is 1.72 bits per heavy atom. The number of anilines is 1. The zero-order valence-corrected chi connectivity index (χ0v) is 9.91. The fourth-order valence-corrected chi connectivity index (χ4v) is 1.68. The number of nitrogens with two attached hydrogens (primary N) is 1. The maximum atomic E-state index is 13.4. The molecule has 4 heteroatoms. The molecule has 0 aliphatic rings. The van der Waals surface area contributed by atoms with E-state index in [4.69, 9.17) is 10.5 Å². The maximum Gasteiger partial charge on any atom is 0.149 e. The minimum atomic E-state index is -0.758. The van der Waals surface area contributed by atoms with E-state index in [1.54, 1.807) is 24.3 Å². The standard InChI is InChI=1S/C14H13F2NO/c1-2-18-11-5-3-4-9(6-11)10-7-12(15)14(17)13(16)8-10/h3-8H,2,17H2,1H3. The predicted molar refractivity (Wildman–Crippen MR) is 67.4 cm³/mol. The molecular weight excluding hydrogens is 236 g/mol. The third kappa shape index (κ3) is 2.42. The van der Waals surface area contributed by atoms with Crippen molar-refractivity contribution in [3.8, 4) is 16.9 Å². The van der Waals surface area contributed by atoms with Gasteiger partial charge in [-0.2, -0.15) is 0 Å². The van der Waals surface area contributed by atoms with Crippen LogP contribution in [0.4, 0.5) is 14.5 Å². The molecule has 94 valence electrons. The van der Waals surface area contributed by atoms with E-state index in [2.05, 4.69) is 0 Å². The minimum Gasteiger partial charge on any atom is -0.494 e. The summed E-state index contributed by atoms with van der Waals surface area (Å²) in [5.74, 6) is -0.855. The molecule has 0 aromatic heterocycles. The second kappa shape index (κ2) is 5.04. The maximum absolute atomic E-state index is 13.4. The van der Waals surface area contributed by atoms with Gasteiger partial charge in [0.2, 0.25) is 0 Å². The third-order valence-corrected chi connectivity index (χ3v) is 2.56. The Kier molecular flexibility index (Phi) is 3.46. The second-order valence-corrected chi connectivity index (χ2v) is 3.81. The number of nitrogen functional groups attached to an aromatic ring is 1. The van der Waals surface area contributed by atoms with Crippen molar-refractivity contribution in [3.63, 3.8) is 0 Å². The van der Waals surface area contributed by atoms with Gasteiger partial charge in [0.1, 0.15) is 23.1 Å². The zero-order valence-electron chi connectivity index (χ0n) is 9.91. The molecule has 0 aliphatic heterocycles. The van der Waals surface area contributed by atoms with Crippen LogP contribution in [0.3, 0.4) is 0 Å². The van der Waals surface area contributed by atoms with Crippen molar-refractivity contribution in [2.24, 2.45) is 0 Å². The summed E-state index contributed by atoms with van der Waals surface area (Å²) >= 11 is 0. The van der Waals surface area contributed by atoms with Gasteiger partial charge in [0.15, 0.2) is 0 Å². The van der Waals surface area contributed by atoms with Crippen LogP contribution in [0.25, 0.3) is 11.1 Å². The molecule has 2 aromatic carbocycles. The summed E-state index contributed by atoms with van der Waals surface area (Å²) in [5.41, 5.74) is 5.88. The Bertz CT molecular complexity index is 546. The van der Waals surface area contributed by atoms with E-state index in [0.717, 1.165) is 0 Å². The van der Waals surface area contributed by atoms with Crippen molar-refractivity contribution in [3.05, 3.63) is 48.0 Å². The number of halogens is 2. The van der Waals surface area contributed by atoms with Crippen LogP contribution in [0.15, 0.2) is 36.4 Å². The molecule has 0 unspecified atom stereocenters. The number of hydrogen-bond acceptors (Lipinski definition) is 2. The molecule has 0 saturated heterocycles. The zero-order chi connectivity index (χ0) is 13.1. The molecule has 2 rings (SSSR count). The molecule has 0 aliphatic carbocycles. The summed E-state index contributed by atoms with van der Waals surface area (Å²) in [7, 11) is 0. The van der Waals surface area contributed by atoms with E-state index in [0.29, 0.717) is 23.5 Å². The smallest absolute Gasteiger partial charge is 0.149 e. The van der Waals surface area contributed by atoms with Gasteiger partial charge in [-0.1, -0.05) is 12.1 Å². The summed E-state index contributed by atoms with van der Waals surface area (Å²) in [5, 5.41) is 0. The molecule has 0 bridgehead atoms. The van der Waals surface area contributed by atoms with E-state index in [-0.39, 0.29) is 0 Å². The first-order valence-corrected chi connectivity index (χ1v) is 5.59. The lowest BCUT2D eigenvalue weighted by Crippen LogP contribution is -1.96. The van der Waals surface area contributed by atoms with E-state index >= 15 is 0 Å². The summed E-state index contributed by atoms with van der Waals surface area (Å²) in [6.07, 6.45) is 0. The normalized spacial score (nSPS) is 10.4. The minimum absolute atomic E-state index is 0.431. The van der Waals surface area contributed by atoms with E-state index in [1.807, 2.05) is 6.92 Å². The van der Waals surface area contributed by atoms with E-state index in [9.17, 15) is 8.78 Å². The van der Waals surface area contributed by atoms with Crippen LogP contribution >= 0.6 is 0 Å². The van der Waals surface area contributed by atoms with Crippen LogP contribution in [0.5, 0.6) is 5.75 Å². The van der Waals surface area contributed by atoms with Crippen LogP contribution in [-0.4, -0.2) is 6.61 Å². The van der Waals surface area contributed by atoms with Gasteiger partial charge in [0.25, 0.3) is 0 Å². The van der Waals surface area contributed by atoms with Gasteiger partial charge in [-0.05, 0) is 42.3 Å². The Morgan fingerprint density at radius 1 is 1.06 bits per heavy atom. The van der Waals surface area contributed by atoms with Gasteiger partial charge in [0, 0.05) is 0 Å². The highest BCUT2D eigenvalue weighted by Gasteiger charge is 2.09. The number of benzene rings is 2. The highest BCUT2D eigenvalue weighted by atomic mass is 19.1. The molecule has 18 heavy (non-hydrogen) atoms. The van der Waals surface area contributed by atoms with Crippen molar-refractivity contribution in [1.29, 1.82) is 0 Å². The first kappa shape index (κ1) is 12.4. The lowest BCUT2D eigenvalue weighted by Gasteiger charge is -2.08. The third-order valence-electron chi connectivity index (χ3n) is 2.56. The second-order valence-electron chi connectivity index (χ2n) is 3.81. The average molecular weight is 249 g/mol.